The Morgan fingerprint density at radius 3 is 2.56 bits per heavy atom. The molecule has 0 aliphatic rings. The van der Waals surface area contributed by atoms with Gasteiger partial charge in [-0.05, 0) is 48.9 Å². The Hall–Kier alpha value is -1.49. The molecule has 0 aliphatic heterocycles. The number of nitriles is 1. The van der Waals surface area contributed by atoms with Gasteiger partial charge in [-0.3, -0.25) is 0 Å². The quantitative estimate of drug-likeness (QED) is 0.770. The number of rotatable bonds is 4. The molecule has 0 spiro atoms. The van der Waals surface area contributed by atoms with Crippen LogP contribution in [0.5, 0.6) is 5.75 Å². The van der Waals surface area contributed by atoms with Crippen LogP contribution in [-0.4, -0.2) is 7.11 Å². The van der Waals surface area contributed by atoms with Gasteiger partial charge < -0.3 is 4.74 Å². The van der Waals surface area contributed by atoms with Gasteiger partial charge in [-0.2, -0.15) is 5.26 Å². The second-order valence-corrected chi connectivity index (χ2v) is 4.20. The zero-order valence-electron chi connectivity index (χ0n) is 10.5. The molecule has 0 aromatic heterocycles. The van der Waals surface area contributed by atoms with E-state index in [1.807, 2.05) is 6.07 Å². The number of hydrogen-bond acceptors (Lipinski definition) is 2. The van der Waals surface area contributed by atoms with Crippen LogP contribution < -0.4 is 4.74 Å². The molecular formula is C14H19NO. The fraction of sp³-hybridized carbons (Fsp3) is 0.500. The van der Waals surface area contributed by atoms with E-state index in [-0.39, 0.29) is 0 Å². The lowest BCUT2D eigenvalue weighted by Gasteiger charge is -2.17. The van der Waals surface area contributed by atoms with E-state index in [1.165, 1.54) is 16.7 Å². The van der Waals surface area contributed by atoms with Gasteiger partial charge in [0.2, 0.25) is 0 Å². The SMILES string of the molecule is COc1ccc(C(C)CCC#N)c(C)c1C. The summed E-state index contributed by atoms with van der Waals surface area (Å²) in [6.45, 7) is 6.37. The molecule has 0 N–H and O–H groups in total. The van der Waals surface area contributed by atoms with Crippen LogP contribution in [0.15, 0.2) is 12.1 Å². The van der Waals surface area contributed by atoms with Gasteiger partial charge in [0.15, 0.2) is 0 Å². The van der Waals surface area contributed by atoms with Gasteiger partial charge in [0, 0.05) is 6.42 Å². The molecule has 0 amide bonds. The summed E-state index contributed by atoms with van der Waals surface area (Å²) in [5, 5.41) is 8.60. The van der Waals surface area contributed by atoms with E-state index in [1.54, 1.807) is 7.11 Å². The molecule has 1 aromatic carbocycles. The van der Waals surface area contributed by atoms with Crippen LogP contribution in [0.1, 0.15) is 42.4 Å². The topological polar surface area (TPSA) is 33.0 Å². The number of hydrogen-bond donors (Lipinski definition) is 0. The highest BCUT2D eigenvalue weighted by molar-refractivity contribution is 5.44. The predicted octanol–water partition coefficient (Wildman–Crippen LogP) is 3.72. The Bertz CT molecular complexity index is 404. The fourth-order valence-electron chi connectivity index (χ4n) is 2.01. The number of nitrogens with zero attached hydrogens (tertiary/aromatic N) is 1. The van der Waals surface area contributed by atoms with Crippen molar-refractivity contribution in [3.63, 3.8) is 0 Å². The maximum atomic E-state index is 8.60. The molecule has 0 aliphatic carbocycles. The summed E-state index contributed by atoms with van der Waals surface area (Å²) in [5.74, 6) is 1.37. The third-order valence-corrected chi connectivity index (χ3v) is 3.22. The minimum atomic E-state index is 0.434. The summed E-state index contributed by atoms with van der Waals surface area (Å²) >= 11 is 0. The first-order valence-electron chi connectivity index (χ1n) is 5.62. The van der Waals surface area contributed by atoms with Crippen molar-refractivity contribution < 1.29 is 4.74 Å². The predicted molar refractivity (Wildman–Crippen MR) is 65.7 cm³/mol. The molecule has 1 aromatic rings. The van der Waals surface area contributed by atoms with E-state index >= 15 is 0 Å². The lowest BCUT2D eigenvalue weighted by atomic mass is 9.90. The maximum Gasteiger partial charge on any atom is 0.122 e. The molecule has 2 heteroatoms. The van der Waals surface area contributed by atoms with E-state index in [0.29, 0.717) is 12.3 Å². The molecule has 1 unspecified atom stereocenters. The number of methoxy groups -OCH3 is 1. The van der Waals surface area contributed by atoms with Gasteiger partial charge in [0.05, 0.1) is 13.2 Å². The summed E-state index contributed by atoms with van der Waals surface area (Å²) in [6.07, 6.45) is 1.54. The van der Waals surface area contributed by atoms with Crippen molar-refractivity contribution in [3.8, 4) is 11.8 Å². The summed E-state index contributed by atoms with van der Waals surface area (Å²) in [5.41, 5.74) is 3.81. The smallest absolute Gasteiger partial charge is 0.122 e. The largest absolute Gasteiger partial charge is 0.496 e. The van der Waals surface area contributed by atoms with Crippen molar-refractivity contribution >= 4 is 0 Å². The third kappa shape index (κ3) is 2.55. The van der Waals surface area contributed by atoms with Crippen LogP contribution in [-0.2, 0) is 0 Å². The average Bonchev–Trinajstić information content (AvgIpc) is 2.29. The van der Waals surface area contributed by atoms with Crippen molar-refractivity contribution in [1.82, 2.24) is 0 Å². The minimum absolute atomic E-state index is 0.434. The zero-order chi connectivity index (χ0) is 12.1. The van der Waals surface area contributed by atoms with E-state index in [9.17, 15) is 0 Å². The number of ether oxygens (including phenoxy) is 1. The van der Waals surface area contributed by atoms with Gasteiger partial charge in [0.1, 0.15) is 5.75 Å². The second kappa shape index (κ2) is 5.55. The van der Waals surface area contributed by atoms with E-state index < -0.39 is 0 Å². The van der Waals surface area contributed by atoms with Crippen molar-refractivity contribution in [2.75, 3.05) is 7.11 Å². The van der Waals surface area contributed by atoms with Crippen molar-refractivity contribution in [1.29, 1.82) is 5.26 Å². The molecule has 0 radical (unpaired) electrons. The standard InChI is InChI=1S/C14H19NO/c1-10(6-5-9-15)13-7-8-14(16-4)12(3)11(13)2/h7-8,10H,5-6H2,1-4H3. The lowest BCUT2D eigenvalue weighted by Crippen LogP contribution is -2.00. The molecule has 2 nitrogen and oxygen atoms in total. The maximum absolute atomic E-state index is 8.60. The summed E-state index contributed by atoms with van der Waals surface area (Å²) < 4.78 is 5.29. The highest BCUT2D eigenvalue weighted by atomic mass is 16.5. The van der Waals surface area contributed by atoms with Crippen molar-refractivity contribution in [2.24, 2.45) is 0 Å². The fourth-order valence-corrected chi connectivity index (χ4v) is 2.01. The van der Waals surface area contributed by atoms with E-state index in [2.05, 4.69) is 32.9 Å². The first-order chi connectivity index (χ1) is 7.61. The van der Waals surface area contributed by atoms with Gasteiger partial charge in [-0.1, -0.05) is 13.0 Å². The molecule has 0 heterocycles. The summed E-state index contributed by atoms with van der Waals surface area (Å²) in [6, 6.07) is 6.33. The van der Waals surface area contributed by atoms with Gasteiger partial charge in [0.25, 0.3) is 0 Å². The highest BCUT2D eigenvalue weighted by Crippen LogP contribution is 2.30. The molecule has 0 saturated carbocycles. The monoisotopic (exact) mass is 217 g/mol. The molecular weight excluding hydrogens is 198 g/mol. The Labute approximate surface area is 97.9 Å². The van der Waals surface area contributed by atoms with Crippen LogP contribution in [0.2, 0.25) is 0 Å². The Morgan fingerprint density at radius 2 is 2.00 bits per heavy atom. The van der Waals surface area contributed by atoms with Crippen LogP contribution in [0.25, 0.3) is 0 Å². The van der Waals surface area contributed by atoms with Gasteiger partial charge in [-0.15, -0.1) is 0 Å². The van der Waals surface area contributed by atoms with Crippen molar-refractivity contribution in [3.05, 3.63) is 28.8 Å². The normalized spacial score (nSPS) is 11.9. The molecule has 1 rings (SSSR count). The molecule has 0 bridgehead atoms. The Kier molecular flexibility index (Phi) is 4.37. The zero-order valence-corrected chi connectivity index (χ0v) is 10.5. The lowest BCUT2D eigenvalue weighted by molar-refractivity contribution is 0.411. The van der Waals surface area contributed by atoms with Crippen LogP contribution in [0.4, 0.5) is 0 Å². The molecule has 1 atom stereocenters. The van der Waals surface area contributed by atoms with Gasteiger partial charge >= 0.3 is 0 Å². The molecule has 0 fully saturated rings. The Balaban J connectivity index is 2.98. The number of benzene rings is 1. The van der Waals surface area contributed by atoms with E-state index in [0.717, 1.165) is 12.2 Å². The first-order valence-corrected chi connectivity index (χ1v) is 5.62. The molecule has 0 saturated heterocycles. The first kappa shape index (κ1) is 12.6. The van der Waals surface area contributed by atoms with Gasteiger partial charge in [-0.25, -0.2) is 0 Å². The van der Waals surface area contributed by atoms with Crippen molar-refractivity contribution in [2.45, 2.75) is 39.5 Å². The average molecular weight is 217 g/mol. The summed E-state index contributed by atoms with van der Waals surface area (Å²) in [4.78, 5) is 0. The second-order valence-electron chi connectivity index (χ2n) is 4.20. The molecule has 16 heavy (non-hydrogen) atoms. The van der Waals surface area contributed by atoms with Crippen LogP contribution >= 0.6 is 0 Å². The van der Waals surface area contributed by atoms with Crippen LogP contribution in [0.3, 0.4) is 0 Å². The Morgan fingerprint density at radius 1 is 1.31 bits per heavy atom. The summed E-state index contributed by atoms with van der Waals surface area (Å²) in [7, 11) is 1.69. The third-order valence-electron chi connectivity index (χ3n) is 3.22. The minimum Gasteiger partial charge on any atom is -0.496 e. The van der Waals surface area contributed by atoms with E-state index in [4.69, 9.17) is 10.00 Å². The molecule has 86 valence electrons. The van der Waals surface area contributed by atoms with Crippen LogP contribution in [0, 0.1) is 25.2 Å². The highest BCUT2D eigenvalue weighted by Gasteiger charge is 2.12.